The van der Waals surface area contributed by atoms with Gasteiger partial charge in [0, 0.05) is 42.1 Å². The van der Waals surface area contributed by atoms with Crippen LogP contribution in [0.25, 0.3) is 22.0 Å². The van der Waals surface area contributed by atoms with E-state index in [1.807, 2.05) is 30.5 Å². The van der Waals surface area contributed by atoms with E-state index in [-0.39, 0.29) is 0 Å². The lowest BCUT2D eigenvalue weighted by molar-refractivity contribution is 0.410. The first-order chi connectivity index (χ1) is 17.2. The van der Waals surface area contributed by atoms with Crippen LogP contribution in [0.4, 0.5) is 11.5 Å². The van der Waals surface area contributed by atoms with Gasteiger partial charge in [-0.05, 0) is 65.6 Å². The maximum absolute atomic E-state index is 5.51. The molecular weight excluding hydrogens is 432 g/mol. The molecular formula is C30H28N4O. The summed E-state index contributed by atoms with van der Waals surface area (Å²) in [5, 5.41) is 8.14. The minimum atomic E-state index is 0.625. The van der Waals surface area contributed by atoms with Crippen LogP contribution in [0.3, 0.4) is 0 Å². The molecule has 0 saturated heterocycles. The van der Waals surface area contributed by atoms with Crippen molar-refractivity contribution in [1.29, 1.82) is 0 Å². The lowest BCUT2D eigenvalue weighted by Gasteiger charge is -2.15. The van der Waals surface area contributed by atoms with Crippen molar-refractivity contribution in [1.82, 2.24) is 9.97 Å². The summed E-state index contributed by atoms with van der Waals surface area (Å²) in [6, 6.07) is 29.0. The van der Waals surface area contributed by atoms with Crippen LogP contribution in [-0.4, -0.2) is 17.1 Å². The first kappa shape index (κ1) is 22.4. The summed E-state index contributed by atoms with van der Waals surface area (Å²) >= 11 is 0. The molecule has 0 spiro atoms. The van der Waals surface area contributed by atoms with Gasteiger partial charge < -0.3 is 15.4 Å². The highest BCUT2D eigenvalue weighted by molar-refractivity contribution is 5.98. The van der Waals surface area contributed by atoms with E-state index in [1.54, 1.807) is 13.3 Å². The van der Waals surface area contributed by atoms with Gasteiger partial charge in [-0.3, -0.25) is 4.98 Å². The number of methoxy groups -OCH3 is 1. The number of nitrogens with one attached hydrogen (secondary N) is 2. The third kappa shape index (κ3) is 5.09. The molecule has 0 aliphatic rings. The molecule has 0 saturated carbocycles. The molecule has 5 rings (SSSR count). The lowest BCUT2D eigenvalue weighted by atomic mass is 9.97. The Kier molecular flexibility index (Phi) is 6.57. The summed E-state index contributed by atoms with van der Waals surface area (Å²) in [5.74, 6) is 1.70. The Hall–Kier alpha value is -4.38. The topological polar surface area (TPSA) is 59.1 Å². The summed E-state index contributed by atoms with van der Waals surface area (Å²) in [5.41, 5.74) is 7.80. The Morgan fingerprint density at radius 3 is 2.49 bits per heavy atom. The normalized spacial score (nSPS) is 10.8. The predicted molar refractivity (Wildman–Crippen MR) is 144 cm³/mol. The molecule has 0 radical (unpaired) electrons. The molecule has 0 aliphatic carbocycles. The van der Waals surface area contributed by atoms with E-state index in [4.69, 9.17) is 9.72 Å². The van der Waals surface area contributed by atoms with E-state index in [0.29, 0.717) is 13.1 Å². The van der Waals surface area contributed by atoms with Gasteiger partial charge in [-0.25, -0.2) is 4.98 Å². The summed E-state index contributed by atoms with van der Waals surface area (Å²) < 4.78 is 5.51. The molecule has 3 aromatic carbocycles. The average molecular weight is 461 g/mol. The van der Waals surface area contributed by atoms with Crippen molar-refractivity contribution in [2.75, 3.05) is 17.7 Å². The zero-order valence-corrected chi connectivity index (χ0v) is 20.0. The molecule has 0 atom stereocenters. The van der Waals surface area contributed by atoms with Crippen LogP contribution < -0.4 is 15.4 Å². The van der Waals surface area contributed by atoms with Gasteiger partial charge in [-0.15, -0.1) is 0 Å². The van der Waals surface area contributed by atoms with E-state index < -0.39 is 0 Å². The number of ether oxygens (including phenoxy) is 1. The zero-order valence-electron chi connectivity index (χ0n) is 20.0. The van der Waals surface area contributed by atoms with E-state index in [0.717, 1.165) is 44.8 Å². The number of aryl methyl sites for hydroxylation is 1. The maximum atomic E-state index is 5.51. The van der Waals surface area contributed by atoms with Crippen molar-refractivity contribution in [2.24, 2.45) is 0 Å². The van der Waals surface area contributed by atoms with E-state index in [1.165, 1.54) is 11.1 Å². The van der Waals surface area contributed by atoms with Crippen molar-refractivity contribution in [3.63, 3.8) is 0 Å². The SMILES string of the molecule is COc1ccccc1CNc1cc(-c2ccccc2C)c2cc(NCc3cccnc3)ccc2n1. The molecule has 0 unspecified atom stereocenters. The first-order valence-electron chi connectivity index (χ1n) is 11.7. The Morgan fingerprint density at radius 2 is 1.66 bits per heavy atom. The molecule has 35 heavy (non-hydrogen) atoms. The van der Waals surface area contributed by atoms with Crippen molar-refractivity contribution in [2.45, 2.75) is 20.0 Å². The number of benzene rings is 3. The summed E-state index contributed by atoms with van der Waals surface area (Å²) in [6.45, 7) is 3.49. The zero-order chi connectivity index (χ0) is 24.0. The molecule has 5 nitrogen and oxygen atoms in total. The maximum Gasteiger partial charge on any atom is 0.127 e. The number of rotatable bonds is 8. The standard InChI is InChI=1S/C30H28N4O/c1-21-8-3-5-11-25(21)26-17-30(33-20-23-10-4-6-12-29(23)35-2)34-28-14-13-24(16-27(26)28)32-19-22-9-7-15-31-18-22/h3-18,32H,19-20H2,1-2H3,(H,33,34). The fourth-order valence-electron chi connectivity index (χ4n) is 4.27. The third-order valence-corrected chi connectivity index (χ3v) is 6.12. The number of anilines is 2. The largest absolute Gasteiger partial charge is 0.496 e. The second kappa shape index (κ2) is 10.3. The van der Waals surface area contributed by atoms with Gasteiger partial charge in [-0.1, -0.05) is 48.5 Å². The number of hydrogen-bond acceptors (Lipinski definition) is 5. The van der Waals surface area contributed by atoms with Crippen LogP contribution in [0.1, 0.15) is 16.7 Å². The first-order valence-corrected chi connectivity index (χ1v) is 11.7. The van der Waals surface area contributed by atoms with Gasteiger partial charge >= 0.3 is 0 Å². The summed E-state index contributed by atoms with van der Waals surface area (Å²) in [7, 11) is 1.70. The highest BCUT2D eigenvalue weighted by Gasteiger charge is 2.12. The number of fused-ring (bicyclic) bond motifs is 1. The highest BCUT2D eigenvalue weighted by atomic mass is 16.5. The van der Waals surface area contributed by atoms with Gasteiger partial charge in [0.2, 0.25) is 0 Å². The van der Waals surface area contributed by atoms with Gasteiger partial charge in [-0.2, -0.15) is 0 Å². The van der Waals surface area contributed by atoms with Crippen LogP contribution in [0, 0.1) is 6.92 Å². The van der Waals surface area contributed by atoms with Crippen LogP contribution in [0.15, 0.2) is 97.3 Å². The smallest absolute Gasteiger partial charge is 0.127 e. The molecule has 0 amide bonds. The lowest BCUT2D eigenvalue weighted by Crippen LogP contribution is -2.04. The van der Waals surface area contributed by atoms with Crippen LogP contribution >= 0.6 is 0 Å². The second-order valence-corrected chi connectivity index (χ2v) is 8.48. The summed E-state index contributed by atoms with van der Waals surface area (Å²) in [6.07, 6.45) is 3.67. The number of para-hydroxylation sites is 1. The molecule has 2 N–H and O–H groups in total. The van der Waals surface area contributed by atoms with Crippen LogP contribution in [-0.2, 0) is 13.1 Å². The minimum Gasteiger partial charge on any atom is -0.496 e. The molecule has 2 heterocycles. The molecule has 0 fully saturated rings. The Balaban J connectivity index is 1.51. The van der Waals surface area contributed by atoms with Crippen molar-refractivity contribution in [3.8, 4) is 16.9 Å². The van der Waals surface area contributed by atoms with Crippen molar-refractivity contribution in [3.05, 3.63) is 114 Å². The quantitative estimate of drug-likeness (QED) is 0.266. The number of aromatic nitrogens is 2. The van der Waals surface area contributed by atoms with Gasteiger partial charge in [0.1, 0.15) is 11.6 Å². The molecule has 0 bridgehead atoms. The highest BCUT2D eigenvalue weighted by Crippen LogP contribution is 2.34. The van der Waals surface area contributed by atoms with Crippen LogP contribution in [0.5, 0.6) is 5.75 Å². The minimum absolute atomic E-state index is 0.625. The number of hydrogen-bond donors (Lipinski definition) is 2. The molecule has 5 aromatic rings. The molecule has 0 aliphatic heterocycles. The Morgan fingerprint density at radius 1 is 0.800 bits per heavy atom. The van der Waals surface area contributed by atoms with Crippen LogP contribution in [0.2, 0.25) is 0 Å². The average Bonchev–Trinajstić information content (AvgIpc) is 2.91. The van der Waals surface area contributed by atoms with Crippen molar-refractivity contribution < 1.29 is 4.74 Å². The van der Waals surface area contributed by atoms with Crippen molar-refractivity contribution >= 4 is 22.4 Å². The third-order valence-electron chi connectivity index (χ3n) is 6.12. The second-order valence-electron chi connectivity index (χ2n) is 8.48. The van der Waals surface area contributed by atoms with E-state index in [2.05, 4.69) is 83.2 Å². The van der Waals surface area contributed by atoms with Gasteiger partial charge in [0.05, 0.1) is 12.6 Å². The summed E-state index contributed by atoms with van der Waals surface area (Å²) in [4.78, 5) is 9.14. The number of pyridine rings is 2. The fraction of sp³-hybridized carbons (Fsp3) is 0.133. The predicted octanol–water partition coefficient (Wildman–Crippen LogP) is 6.84. The molecule has 5 heteroatoms. The van der Waals surface area contributed by atoms with Gasteiger partial charge in [0.15, 0.2) is 0 Å². The Labute approximate surface area is 205 Å². The Bertz CT molecular complexity index is 1450. The monoisotopic (exact) mass is 460 g/mol. The van der Waals surface area contributed by atoms with E-state index in [9.17, 15) is 0 Å². The van der Waals surface area contributed by atoms with Gasteiger partial charge in [0.25, 0.3) is 0 Å². The molecule has 2 aromatic heterocycles. The fourth-order valence-corrected chi connectivity index (χ4v) is 4.27. The number of nitrogens with zero attached hydrogens (tertiary/aromatic N) is 2. The molecule has 174 valence electrons. The van der Waals surface area contributed by atoms with E-state index >= 15 is 0 Å².